The Morgan fingerprint density at radius 2 is 1.90 bits per heavy atom. The third-order valence-corrected chi connectivity index (χ3v) is 6.45. The number of anilines is 3. The van der Waals surface area contributed by atoms with Crippen molar-refractivity contribution in [2.24, 2.45) is 5.92 Å². The Morgan fingerprint density at radius 3 is 2.55 bits per heavy atom. The minimum atomic E-state index is 0.0363. The summed E-state index contributed by atoms with van der Waals surface area (Å²) >= 11 is 1.68. The number of carbonyl (C=O) groups is 1. The molecule has 1 N–H and O–H groups in total. The Balaban J connectivity index is 1.35. The maximum Gasteiger partial charge on any atom is 0.227 e. The lowest BCUT2D eigenvalue weighted by atomic mass is 9.96. The number of piperidine rings is 1. The summed E-state index contributed by atoms with van der Waals surface area (Å²) in [6, 6.07) is 13.9. The van der Waals surface area contributed by atoms with Gasteiger partial charge >= 0.3 is 0 Å². The summed E-state index contributed by atoms with van der Waals surface area (Å²) in [6.45, 7) is 1.68. The van der Waals surface area contributed by atoms with Gasteiger partial charge < -0.3 is 19.9 Å². The molecule has 1 fully saturated rings. The lowest BCUT2D eigenvalue weighted by molar-refractivity contribution is -0.120. The molecule has 1 amide bonds. The fourth-order valence-corrected chi connectivity index (χ4v) is 4.62. The van der Waals surface area contributed by atoms with Crippen LogP contribution < -0.4 is 19.9 Å². The maximum absolute atomic E-state index is 12.7. The molecule has 0 unspecified atom stereocenters. The van der Waals surface area contributed by atoms with Crippen LogP contribution in [0.25, 0.3) is 10.2 Å². The second-order valence-electron chi connectivity index (χ2n) is 7.52. The molecule has 1 aromatic heterocycles. The van der Waals surface area contributed by atoms with Crippen molar-refractivity contribution < 1.29 is 9.53 Å². The van der Waals surface area contributed by atoms with Crippen LogP contribution in [-0.2, 0) is 4.79 Å². The summed E-state index contributed by atoms with van der Waals surface area (Å²) in [6.07, 6.45) is 1.67. The van der Waals surface area contributed by atoms with Crippen LogP contribution in [0.5, 0.6) is 5.75 Å². The number of fused-ring (bicyclic) bond motifs is 1. The Hall–Kier alpha value is -2.80. The zero-order chi connectivity index (χ0) is 20.4. The number of thiazole rings is 1. The molecular formula is C22H26N4O2S. The molecule has 29 heavy (non-hydrogen) atoms. The molecule has 3 aromatic rings. The molecule has 0 aliphatic carbocycles. The van der Waals surface area contributed by atoms with Gasteiger partial charge in [0.1, 0.15) is 5.75 Å². The van der Waals surface area contributed by atoms with Crippen LogP contribution in [0.2, 0.25) is 0 Å². The highest BCUT2D eigenvalue weighted by molar-refractivity contribution is 7.22. The molecule has 1 aliphatic rings. The molecule has 2 aromatic carbocycles. The van der Waals surface area contributed by atoms with Gasteiger partial charge in [0.25, 0.3) is 0 Å². The lowest BCUT2D eigenvalue weighted by Crippen LogP contribution is -2.38. The van der Waals surface area contributed by atoms with Crippen molar-refractivity contribution in [1.82, 2.24) is 4.98 Å². The highest BCUT2D eigenvalue weighted by Crippen LogP contribution is 2.33. The number of rotatable bonds is 5. The van der Waals surface area contributed by atoms with Gasteiger partial charge in [0.15, 0.2) is 5.13 Å². The Kier molecular flexibility index (Phi) is 5.58. The number of aromatic nitrogens is 1. The van der Waals surface area contributed by atoms with Crippen molar-refractivity contribution in [3.63, 3.8) is 0 Å². The molecule has 1 aliphatic heterocycles. The molecule has 0 bridgehead atoms. The van der Waals surface area contributed by atoms with E-state index in [0.29, 0.717) is 0 Å². The first-order chi connectivity index (χ1) is 14.0. The van der Waals surface area contributed by atoms with Crippen LogP contribution >= 0.6 is 11.3 Å². The average Bonchev–Trinajstić information content (AvgIpc) is 3.17. The number of ether oxygens (including phenoxy) is 1. The number of methoxy groups -OCH3 is 1. The first-order valence-electron chi connectivity index (χ1n) is 9.81. The van der Waals surface area contributed by atoms with Gasteiger partial charge in [-0.15, -0.1) is 0 Å². The Morgan fingerprint density at radius 1 is 1.17 bits per heavy atom. The van der Waals surface area contributed by atoms with E-state index in [4.69, 9.17) is 9.72 Å². The van der Waals surface area contributed by atoms with E-state index in [-0.39, 0.29) is 11.8 Å². The highest BCUT2D eigenvalue weighted by Gasteiger charge is 2.26. The fourth-order valence-electron chi connectivity index (χ4n) is 3.58. The molecule has 6 nitrogen and oxygen atoms in total. The predicted octanol–water partition coefficient (Wildman–Crippen LogP) is 4.23. The Labute approximate surface area is 175 Å². The smallest absolute Gasteiger partial charge is 0.227 e. The second-order valence-corrected chi connectivity index (χ2v) is 8.53. The number of carbonyl (C=O) groups excluding carboxylic acids is 1. The van der Waals surface area contributed by atoms with E-state index in [2.05, 4.69) is 10.2 Å². The summed E-state index contributed by atoms with van der Waals surface area (Å²) in [5.41, 5.74) is 2.96. The maximum atomic E-state index is 12.7. The van der Waals surface area contributed by atoms with E-state index in [1.54, 1.807) is 18.4 Å². The largest absolute Gasteiger partial charge is 0.497 e. The van der Waals surface area contributed by atoms with Crippen molar-refractivity contribution >= 4 is 44.0 Å². The van der Waals surface area contributed by atoms with Crippen LogP contribution in [0.4, 0.5) is 16.5 Å². The summed E-state index contributed by atoms with van der Waals surface area (Å²) < 4.78 is 6.43. The standard InChI is InChI=1S/C22H26N4O2S/c1-25(2)17-6-4-16(5-7-17)23-21(27)15-10-12-26(13-11-15)22-24-19-9-8-18(28-3)14-20(19)29-22/h4-9,14-15H,10-13H2,1-3H3,(H,23,27). The first-order valence-corrected chi connectivity index (χ1v) is 10.6. The molecule has 0 spiro atoms. The summed E-state index contributed by atoms with van der Waals surface area (Å²) in [4.78, 5) is 21.8. The molecule has 152 valence electrons. The van der Waals surface area contributed by atoms with Gasteiger partial charge in [-0.25, -0.2) is 4.98 Å². The third-order valence-electron chi connectivity index (χ3n) is 5.37. The van der Waals surface area contributed by atoms with Crippen molar-refractivity contribution in [3.8, 4) is 5.75 Å². The number of nitrogens with zero attached hydrogens (tertiary/aromatic N) is 3. The van der Waals surface area contributed by atoms with E-state index < -0.39 is 0 Å². The topological polar surface area (TPSA) is 57.7 Å². The van der Waals surface area contributed by atoms with Gasteiger partial charge in [-0.1, -0.05) is 11.3 Å². The number of hydrogen-bond donors (Lipinski definition) is 1. The predicted molar refractivity (Wildman–Crippen MR) is 121 cm³/mol. The number of hydrogen-bond acceptors (Lipinski definition) is 6. The van der Waals surface area contributed by atoms with Crippen molar-refractivity contribution in [2.45, 2.75) is 12.8 Å². The van der Waals surface area contributed by atoms with Crippen molar-refractivity contribution in [1.29, 1.82) is 0 Å². The molecule has 1 saturated heterocycles. The van der Waals surface area contributed by atoms with E-state index in [1.807, 2.05) is 61.5 Å². The van der Waals surface area contributed by atoms with Crippen LogP contribution in [-0.4, -0.2) is 45.2 Å². The monoisotopic (exact) mass is 410 g/mol. The third kappa shape index (κ3) is 4.29. The summed E-state index contributed by atoms with van der Waals surface area (Å²) in [5, 5.41) is 4.08. The molecule has 0 radical (unpaired) electrons. The van der Waals surface area contributed by atoms with Crippen LogP contribution in [0.15, 0.2) is 42.5 Å². The highest BCUT2D eigenvalue weighted by atomic mass is 32.1. The molecular weight excluding hydrogens is 384 g/mol. The van der Waals surface area contributed by atoms with Crippen LogP contribution in [0.3, 0.4) is 0 Å². The minimum absolute atomic E-state index is 0.0363. The second kappa shape index (κ2) is 8.29. The van der Waals surface area contributed by atoms with Gasteiger partial charge in [0, 0.05) is 44.5 Å². The van der Waals surface area contributed by atoms with Crippen LogP contribution in [0.1, 0.15) is 12.8 Å². The zero-order valence-electron chi connectivity index (χ0n) is 17.0. The van der Waals surface area contributed by atoms with E-state index >= 15 is 0 Å². The molecule has 4 rings (SSSR count). The number of amides is 1. The minimum Gasteiger partial charge on any atom is -0.497 e. The van der Waals surface area contributed by atoms with Gasteiger partial charge in [-0.05, 0) is 55.3 Å². The first kappa shape index (κ1) is 19.5. The zero-order valence-corrected chi connectivity index (χ0v) is 17.8. The number of nitrogens with one attached hydrogen (secondary N) is 1. The van der Waals surface area contributed by atoms with Gasteiger partial charge in [0.05, 0.1) is 17.3 Å². The van der Waals surface area contributed by atoms with Gasteiger partial charge in [-0.3, -0.25) is 4.79 Å². The average molecular weight is 411 g/mol. The van der Waals surface area contributed by atoms with Crippen LogP contribution in [0, 0.1) is 5.92 Å². The lowest BCUT2D eigenvalue weighted by Gasteiger charge is -2.31. The summed E-state index contributed by atoms with van der Waals surface area (Å²) in [7, 11) is 5.68. The molecule has 0 saturated carbocycles. The molecule has 0 atom stereocenters. The fraction of sp³-hybridized carbons (Fsp3) is 0.364. The van der Waals surface area contributed by atoms with E-state index in [9.17, 15) is 4.79 Å². The van der Waals surface area contributed by atoms with E-state index in [1.165, 1.54) is 0 Å². The van der Waals surface area contributed by atoms with Crippen molar-refractivity contribution in [3.05, 3.63) is 42.5 Å². The summed E-state index contributed by atoms with van der Waals surface area (Å²) in [5.74, 6) is 0.993. The molecule has 2 heterocycles. The Bertz CT molecular complexity index is 992. The quantitative estimate of drug-likeness (QED) is 0.682. The van der Waals surface area contributed by atoms with Gasteiger partial charge in [0.2, 0.25) is 5.91 Å². The van der Waals surface area contributed by atoms with E-state index in [0.717, 1.165) is 58.4 Å². The van der Waals surface area contributed by atoms with Crippen molar-refractivity contribution in [2.75, 3.05) is 49.4 Å². The normalized spacial score (nSPS) is 14.8. The number of benzene rings is 2. The van der Waals surface area contributed by atoms with Gasteiger partial charge in [-0.2, -0.15) is 0 Å². The molecule has 7 heteroatoms. The SMILES string of the molecule is COc1ccc2nc(N3CCC(C(=O)Nc4ccc(N(C)C)cc4)CC3)sc2c1.